The third-order valence-corrected chi connectivity index (χ3v) is 6.04. The number of aromatic nitrogens is 2. The van der Waals surface area contributed by atoms with Gasteiger partial charge in [-0.2, -0.15) is 0 Å². The zero-order valence-corrected chi connectivity index (χ0v) is 16.8. The van der Waals surface area contributed by atoms with E-state index in [0.717, 1.165) is 25.0 Å². The van der Waals surface area contributed by atoms with Gasteiger partial charge in [-0.1, -0.05) is 43.3 Å². The molecule has 0 bridgehead atoms. The van der Waals surface area contributed by atoms with Gasteiger partial charge < -0.3 is 4.74 Å². The van der Waals surface area contributed by atoms with Gasteiger partial charge in [0.05, 0.1) is 12.9 Å². The maximum atomic E-state index is 5.67. The maximum absolute atomic E-state index is 5.67. The summed E-state index contributed by atoms with van der Waals surface area (Å²) < 4.78 is 5.67. The number of allylic oxidation sites excluding steroid dienone is 2. The number of methoxy groups -OCH3 is 1. The van der Waals surface area contributed by atoms with Crippen molar-refractivity contribution in [3.8, 4) is 11.1 Å². The Hall–Kier alpha value is -2.94. The van der Waals surface area contributed by atoms with Crippen LogP contribution < -0.4 is 0 Å². The van der Waals surface area contributed by atoms with Gasteiger partial charge in [0, 0.05) is 24.7 Å². The van der Waals surface area contributed by atoms with Gasteiger partial charge in [0.15, 0.2) is 0 Å². The van der Waals surface area contributed by atoms with Gasteiger partial charge in [0.2, 0.25) is 0 Å². The molecule has 0 spiro atoms. The van der Waals surface area contributed by atoms with Crippen molar-refractivity contribution in [3.63, 3.8) is 0 Å². The topological polar surface area (TPSA) is 35.0 Å². The van der Waals surface area contributed by atoms with Gasteiger partial charge in [-0.15, -0.1) is 0 Å². The summed E-state index contributed by atoms with van der Waals surface area (Å²) in [6.07, 6.45) is 8.13. The molecule has 0 fully saturated rings. The Morgan fingerprint density at radius 2 is 1.68 bits per heavy atom. The Balaban J connectivity index is 0.000000275. The summed E-state index contributed by atoms with van der Waals surface area (Å²) in [5, 5.41) is 0. The first kappa shape index (κ1) is 18.4. The molecule has 1 atom stereocenters. The molecule has 1 heterocycles. The highest BCUT2D eigenvalue weighted by Gasteiger charge is 2.28. The van der Waals surface area contributed by atoms with E-state index in [9.17, 15) is 0 Å². The molecule has 1 unspecified atom stereocenters. The number of rotatable bonds is 1. The zero-order chi connectivity index (χ0) is 19.5. The summed E-state index contributed by atoms with van der Waals surface area (Å²) in [6, 6.07) is 15.3. The maximum Gasteiger partial charge on any atom is 0.115 e. The molecule has 0 radical (unpaired) electrons. The van der Waals surface area contributed by atoms with E-state index in [2.05, 4.69) is 60.2 Å². The Labute approximate surface area is 167 Å². The SMILES string of the molecule is COC1=C(C)C(C)c2ccc3c(c2C1)CCc1ccccc1-3.c1cncnc1. The molecule has 0 saturated carbocycles. The molecular weight excluding hydrogens is 344 g/mol. The average Bonchev–Trinajstić information content (AvgIpc) is 2.77. The molecular formula is C25H26N2O. The van der Waals surface area contributed by atoms with Crippen LogP contribution in [0.15, 0.2) is 72.5 Å². The quantitative estimate of drug-likeness (QED) is 0.567. The van der Waals surface area contributed by atoms with Crippen LogP contribution in [0.5, 0.6) is 0 Å². The fourth-order valence-corrected chi connectivity index (χ4v) is 4.39. The Kier molecular flexibility index (Phi) is 5.25. The lowest BCUT2D eigenvalue weighted by Crippen LogP contribution is -2.17. The highest BCUT2D eigenvalue weighted by Crippen LogP contribution is 2.43. The first-order valence-electron chi connectivity index (χ1n) is 9.87. The first-order chi connectivity index (χ1) is 13.7. The number of ether oxygens (including phenoxy) is 1. The number of hydrogen-bond donors (Lipinski definition) is 0. The van der Waals surface area contributed by atoms with E-state index in [0.29, 0.717) is 5.92 Å². The number of benzene rings is 2. The highest BCUT2D eigenvalue weighted by atomic mass is 16.5. The van der Waals surface area contributed by atoms with Crippen LogP contribution in [0.25, 0.3) is 11.1 Å². The normalized spacial score (nSPS) is 16.9. The van der Waals surface area contributed by atoms with Crippen LogP contribution in [0.4, 0.5) is 0 Å². The molecule has 2 aliphatic carbocycles. The van der Waals surface area contributed by atoms with Gasteiger partial charge in [-0.05, 0) is 64.8 Å². The number of aryl methyl sites for hydroxylation is 1. The van der Waals surface area contributed by atoms with Crippen molar-refractivity contribution in [1.29, 1.82) is 0 Å². The Morgan fingerprint density at radius 3 is 2.36 bits per heavy atom. The lowest BCUT2D eigenvalue weighted by molar-refractivity contribution is 0.272. The predicted molar refractivity (Wildman–Crippen MR) is 113 cm³/mol. The lowest BCUT2D eigenvalue weighted by atomic mass is 9.75. The summed E-state index contributed by atoms with van der Waals surface area (Å²) in [4.78, 5) is 7.35. The third kappa shape index (κ3) is 3.33. The second-order valence-electron chi connectivity index (χ2n) is 7.43. The van der Waals surface area contributed by atoms with E-state index in [4.69, 9.17) is 4.74 Å². The number of hydrogen-bond acceptors (Lipinski definition) is 3. The van der Waals surface area contributed by atoms with E-state index >= 15 is 0 Å². The Morgan fingerprint density at radius 1 is 0.893 bits per heavy atom. The van der Waals surface area contributed by atoms with Crippen molar-refractivity contribution < 1.29 is 4.74 Å². The number of fused-ring (bicyclic) bond motifs is 5. The second kappa shape index (κ2) is 7.97. The minimum Gasteiger partial charge on any atom is -0.501 e. The van der Waals surface area contributed by atoms with Gasteiger partial charge >= 0.3 is 0 Å². The smallest absolute Gasteiger partial charge is 0.115 e. The van der Waals surface area contributed by atoms with Gasteiger partial charge in [0.1, 0.15) is 6.33 Å². The van der Waals surface area contributed by atoms with E-state index < -0.39 is 0 Å². The summed E-state index contributed by atoms with van der Waals surface area (Å²) in [7, 11) is 1.81. The van der Waals surface area contributed by atoms with Crippen LogP contribution in [0.2, 0.25) is 0 Å². The molecule has 142 valence electrons. The fourth-order valence-electron chi connectivity index (χ4n) is 4.39. The van der Waals surface area contributed by atoms with E-state index in [1.807, 2.05) is 0 Å². The van der Waals surface area contributed by atoms with Crippen LogP contribution in [0.1, 0.15) is 42.0 Å². The largest absolute Gasteiger partial charge is 0.501 e. The molecule has 28 heavy (non-hydrogen) atoms. The molecule has 0 aliphatic heterocycles. The van der Waals surface area contributed by atoms with Crippen molar-refractivity contribution in [3.05, 3.63) is 94.8 Å². The molecule has 5 rings (SSSR count). The van der Waals surface area contributed by atoms with E-state index in [-0.39, 0.29) is 0 Å². The van der Waals surface area contributed by atoms with Gasteiger partial charge in [0.25, 0.3) is 0 Å². The monoisotopic (exact) mass is 370 g/mol. The zero-order valence-electron chi connectivity index (χ0n) is 16.8. The average molecular weight is 370 g/mol. The molecule has 2 aromatic carbocycles. The van der Waals surface area contributed by atoms with Crippen LogP contribution in [0.3, 0.4) is 0 Å². The lowest BCUT2D eigenvalue weighted by Gasteiger charge is -2.31. The highest BCUT2D eigenvalue weighted by molar-refractivity contribution is 5.75. The minimum absolute atomic E-state index is 0.459. The third-order valence-electron chi connectivity index (χ3n) is 6.04. The summed E-state index contributed by atoms with van der Waals surface area (Å²) >= 11 is 0. The standard InChI is InChI=1S/C21H22O.C4H4N2/c1-13-14(2)21(22-3)12-20-16(13)10-11-18-17-7-5-4-6-15(17)8-9-19(18)20;1-2-5-4-6-3-1/h4-7,10-11,13H,8-9,12H2,1-3H3;1-4H. The molecule has 0 saturated heterocycles. The van der Waals surface area contributed by atoms with E-state index in [1.165, 1.54) is 39.7 Å². The Bertz CT molecular complexity index is 982. The van der Waals surface area contributed by atoms with Crippen LogP contribution in [0, 0.1) is 0 Å². The molecule has 0 amide bonds. The van der Waals surface area contributed by atoms with Crippen LogP contribution in [-0.4, -0.2) is 17.1 Å². The van der Waals surface area contributed by atoms with Crippen molar-refractivity contribution >= 4 is 0 Å². The fraction of sp³-hybridized carbons (Fsp3) is 0.280. The molecule has 0 N–H and O–H groups in total. The van der Waals surface area contributed by atoms with Gasteiger partial charge in [-0.3, -0.25) is 0 Å². The van der Waals surface area contributed by atoms with Crippen LogP contribution >= 0.6 is 0 Å². The van der Waals surface area contributed by atoms with Crippen molar-refractivity contribution in [1.82, 2.24) is 9.97 Å². The number of nitrogens with zero attached hydrogens (tertiary/aromatic N) is 2. The van der Waals surface area contributed by atoms with E-state index in [1.54, 1.807) is 31.1 Å². The van der Waals surface area contributed by atoms with Gasteiger partial charge in [-0.25, -0.2) is 9.97 Å². The minimum atomic E-state index is 0.459. The van der Waals surface area contributed by atoms with Crippen LogP contribution in [-0.2, 0) is 24.0 Å². The summed E-state index contributed by atoms with van der Waals surface area (Å²) in [6.45, 7) is 4.51. The van der Waals surface area contributed by atoms with Crippen molar-refractivity contribution in [2.45, 2.75) is 39.0 Å². The molecule has 1 aromatic heterocycles. The molecule has 3 heteroatoms. The predicted octanol–water partition coefficient (Wildman–Crippen LogP) is 5.51. The molecule has 3 aromatic rings. The van der Waals surface area contributed by atoms with Crippen molar-refractivity contribution in [2.24, 2.45) is 0 Å². The molecule has 2 aliphatic rings. The first-order valence-corrected chi connectivity index (χ1v) is 9.87. The molecule has 3 nitrogen and oxygen atoms in total. The summed E-state index contributed by atoms with van der Waals surface area (Å²) in [5.74, 6) is 1.62. The second-order valence-corrected chi connectivity index (χ2v) is 7.43. The van der Waals surface area contributed by atoms with Crippen molar-refractivity contribution in [2.75, 3.05) is 7.11 Å². The summed E-state index contributed by atoms with van der Waals surface area (Å²) in [5.41, 5.74) is 10.3.